The summed E-state index contributed by atoms with van der Waals surface area (Å²) in [6.07, 6.45) is 0.152. The number of alkyl halides is 3. The number of hydrogen-bond acceptors (Lipinski definition) is 4. The minimum absolute atomic E-state index is 0.0376. The molecule has 27 heavy (non-hydrogen) atoms. The maximum Gasteiger partial charge on any atom is 0.416 e. The number of nitrogens with one attached hydrogen (secondary N) is 1. The van der Waals surface area contributed by atoms with E-state index in [1.165, 1.54) is 12.4 Å². The van der Waals surface area contributed by atoms with Crippen molar-refractivity contribution < 1.29 is 18.0 Å². The van der Waals surface area contributed by atoms with E-state index in [2.05, 4.69) is 22.2 Å². The predicted octanol–water partition coefficient (Wildman–Crippen LogP) is 4.76. The zero-order valence-corrected chi connectivity index (χ0v) is 15.3. The van der Waals surface area contributed by atoms with Gasteiger partial charge in [0.15, 0.2) is 0 Å². The summed E-state index contributed by atoms with van der Waals surface area (Å²) in [6.45, 7) is 3.55. The van der Waals surface area contributed by atoms with Crippen LogP contribution in [0.1, 0.15) is 35.7 Å². The number of aromatic nitrogens is 2. The van der Waals surface area contributed by atoms with Gasteiger partial charge in [-0.15, -0.1) is 0 Å². The van der Waals surface area contributed by atoms with Crippen molar-refractivity contribution in [2.24, 2.45) is 5.92 Å². The van der Waals surface area contributed by atoms with Crippen LogP contribution in [0.25, 0.3) is 0 Å². The Balaban J connectivity index is 1.72. The number of carbonyl (C=O) groups is 1. The van der Waals surface area contributed by atoms with Gasteiger partial charge in [-0.25, -0.2) is 9.97 Å². The minimum atomic E-state index is -4.48. The van der Waals surface area contributed by atoms with E-state index in [1.54, 1.807) is 4.90 Å². The van der Waals surface area contributed by atoms with Crippen LogP contribution in [0.4, 0.5) is 24.8 Å². The average molecular weight is 399 g/mol. The Morgan fingerprint density at radius 1 is 1.22 bits per heavy atom. The summed E-state index contributed by atoms with van der Waals surface area (Å²) in [5.74, 6) is 0.514. The molecule has 0 radical (unpaired) electrons. The SMILES string of the molecule is CC1CCN(C(=O)c2cnc(Nc3cc(C(F)(F)F)ccc3Cl)nc2)CC1. The van der Waals surface area contributed by atoms with E-state index in [-0.39, 0.29) is 22.6 Å². The third-order valence-corrected chi connectivity index (χ3v) is 4.84. The molecular weight excluding hydrogens is 381 g/mol. The second-order valence-electron chi connectivity index (χ2n) is 6.59. The summed E-state index contributed by atoms with van der Waals surface area (Å²) >= 11 is 5.95. The fourth-order valence-corrected chi connectivity index (χ4v) is 2.98. The molecule has 0 spiro atoms. The predicted molar refractivity (Wildman–Crippen MR) is 96.1 cm³/mol. The zero-order chi connectivity index (χ0) is 19.6. The van der Waals surface area contributed by atoms with Gasteiger partial charge in [0.25, 0.3) is 5.91 Å². The summed E-state index contributed by atoms with van der Waals surface area (Å²) in [6, 6.07) is 2.94. The highest BCUT2D eigenvalue weighted by atomic mass is 35.5. The molecule has 1 N–H and O–H groups in total. The van der Waals surface area contributed by atoms with E-state index in [4.69, 9.17) is 11.6 Å². The Morgan fingerprint density at radius 3 is 2.44 bits per heavy atom. The van der Waals surface area contributed by atoms with Gasteiger partial charge < -0.3 is 10.2 Å². The first-order chi connectivity index (χ1) is 12.7. The number of hydrogen-bond donors (Lipinski definition) is 1. The van der Waals surface area contributed by atoms with Gasteiger partial charge in [-0.1, -0.05) is 18.5 Å². The van der Waals surface area contributed by atoms with Crippen molar-refractivity contribution in [2.45, 2.75) is 25.9 Å². The molecule has 0 atom stereocenters. The first kappa shape index (κ1) is 19.4. The third-order valence-electron chi connectivity index (χ3n) is 4.51. The lowest BCUT2D eigenvalue weighted by Gasteiger charge is -2.30. The first-order valence-electron chi connectivity index (χ1n) is 8.49. The van der Waals surface area contributed by atoms with Crippen LogP contribution in [0, 0.1) is 5.92 Å². The highest BCUT2D eigenvalue weighted by Crippen LogP contribution is 2.34. The fraction of sp³-hybridized carbons (Fsp3) is 0.389. The van der Waals surface area contributed by atoms with Crippen LogP contribution in [0.15, 0.2) is 30.6 Å². The van der Waals surface area contributed by atoms with Crippen molar-refractivity contribution in [3.05, 3.63) is 46.7 Å². The molecule has 0 bridgehead atoms. The molecule has 3 rings (SSSR count). The second kappa shape index (κ2) is 7.72. The van der Waals surface area contributed by atoms with Gasteiger partial charge in [-0.05, 0) is 37.0 Å². The maximum absolute atomic E-state index is 12.8. The normalized spacial score (nSPS) is 15.7. The lowest BCUT2D eigenvalue weighted by Crippen LogP contribution is -2.38. The number of likely N-dealkylation sites (tertiary alicyclic amines) is 1. The number of amides is 1. The zero-order valence-electron chi connectivity index (χ0n) is 14.6. The van der Waals surface area contributed by atoms with Gasteiger partial charge in [0.1, 0.15) is 0 Å². The monoisotopic (exact) mass is 398 g/mol. The van der Waals surface area contributed by atoms with Gasteiger partial charge in [-0.3, -0.25) is 4.79 Å². The molecule has 2 aromatic rings. The number of halogens is 4. The van der Waals surface area contributed by atoms with Gasteiger partial charge in [-0.2, -0.15) is 13.2 Å². The Morgan fingerprint density at radius 2 is 1.85 bits per heavy atom. The molecule has 144 valence electrons. The molecular formula is C18H18ClF3N4O. The molecule has 9 heteroatoms. The van der Waals surface area contributed by atoms with E-state index >= 15 is 0 Å². The lowest BCUT2D eigenvalue weighted by atomic mass is 9.99. The van der Waals surface area contributed by atoms with Crippen LogP contribution in [0.2, 0.25) is 5.02 Å². The lowest BCUT2D eigenvalue weighted by molar-refractivity contribution is -0.137. The molecule has 2 heterocycles. The second-order valence-corrected chi connectivity index (χ2v) is 6.99. The van der Waals surface area contributed by atoms with E-state index in [0.717, 1.165) is 31.0 Å². The molecule has 0 aliphatic carbocycles. The molecule has 5 nitrogen and oxygen atoms in total. The standard InChI is InChI=1S/C18H18ClF3N4O/c1-11-4-6-26(7-5-11)16(27)12-9-23-17(24-10-12)25-15-8-13(18(20,21)22)2-3-14(15)19/h2-3,8-11H,4-7H2,1H3,(H,23,24,25). The molecule has 0 unspecified atom stereocenters. The van der Waals surface area contributed by atoms with Crippen LogP contribution in [-0.4, -0.2) is 33.9 Å². The summed E-state index contributed by atoms with van der Waals surface area (Å²) in [7, 11) is 0. The van der Waals surface area contributed by atoms with Crippen molar-refractivity contribution in [3.63, 3.8) is 0 Å². The van der Waals surface area contributed by atoms with E-state index in [9.17, 15) is 18.0 Å². The largest absolute Gasteiger partial charge is 0.416 e. The summed E-state index contributed by atoms with van der Waals surface area (Å²) in [5.41, 5.74) is -0.457. The van der Waals surface area contributed by atoms with Gasteiger partial charge in [0.05, 0.1) is 21.8 Å². The maximum atomic E-state index is 12.8. The molecule has 1 saturated heterocycles. The van der Waals surface area contributed by atoms with Crippen molar-refractivity contribution in [1.82, 2.24) is 14.9 Å². The van der Waals surface area contributed by atoms with Crippen LogP contribution in [0.5, 0.6) is 0 Å². The number of piperidine rings is 1. The Labute approximate surface area is 159 Å². The molecule has 1 aromatic heterocycles. The van der Waals surface area contributed by atoms with Crippen LogP contribution >= 0.6 is 11.6 Å². The summed E-state index contributed by atoms with van der Waals surface area (Å²) in [4.78, 5) is 22.3. The fourth-order valence-electron chi connectivity index (χ4n) is 2.82. The highest BCUT2D eigenvalue weighted by molar-refractivity contribution is 6.33. The molecule has 0 saturated carbocycles. The molecule has 1 amide bonds. The van der Waals surface area contributed by atoms with E-state index < -0.39 is 11.7 Å². The van der Waals surface area contributed by atoms with Crippen molar-refractivity contribution in [3.8, 4) is 0 Å². The quantitative estimate of drug-likeness (QED) is 0.809. The topological polar surface area (TPSA) is 58.1 Å². The smallest absolute Gasteiger partial charge is 0.339 e. The molecule has 1 aliphatic heterocycles. The summed E-state index contributed by atoms with van der Waals surface area (Å²) in [5, 5.41) is 2.76. The van der Waals surface area contributed by atoms with Crippen molar-refractivity contribution in [1.29, 1.82) is 0 Å². The third kappa shape index (κ3) is 4.68. The van der Waals surface area contributed by atoms with Gasteiger partial charge in [0.2, 0.25) is 5.95 Å². The van der Waals surface area contributed by atoms with Gasteiger partial charge in [0, 0.05) is 25.5 Å². The number of nitrogens with zero attached hydrogens (tertiary/aromatic N) is 3. The Bertz CT molecular complexity index is 818. The summed E-state index contributed by atoms with van der Waals surface area (Å²) < 4.78 is 38.5. The van der Waals surface area contributed by atoms with E-state index in [0.29, 0.717) is 24.6 Å². The number of anilines is 2. The van der Waals surface area contributed by atoms with Crippen LogP contribution in [-0.2, 0) is 6.18 Å². The highest BCUT2D eigenvalue weighted by Gasteiger charge is 2.31. The number of carbonyl (C=O) groups excluding carboxylic acids is 1. The van der Waals surface area contributed by atoms with Crippen LogP contribution < -0.4 is 5.32 Å². The molecule has 1 aliphatic rings. The Hall–Kier alpha value is -2.35. The molecule has 1 aromatic carbocycles. The first-order valence-corrected chi connectivity index (χ1v) is 8.87. The Kier molecular flexibility index (Phi) is 5.55. The average Bonchev–Trinajstić information content (AvgIpc) is 2.63. The van der Waals surface area contributed by atoms with E-state index in [1.807, 2.05) is 0 Å². The minimum Gasteiger partial charge on any atom is -0.339 e. The number of benzene rings is 1. The van der Waals surface area contributed by atoms with Crippen LogP contribution in [0.3, 0.4) is 0 Å². The number of rotatable bonds is 3. The van der Waals surface area contributed by atoms with Gasteiger partial charge >= 0.3 is 6.18 Å². The van der Waals surface area contributed by atoms with Crippen molar-refractivity contribution in [2.75, 3.05) is 18.4 Å². The van der Waals surface area contributed by atoms with Crippen molar-refractivity contribution >= 4 is 29.1 Å². The molecule has 1 fully saturated rings.